The molecule has 1 amide bonds. The van der Waals surface area contributed by atoms with Crippen LogP contribution in [-0.4, -0.2) is 71.6 Å². The Kier molecular flexibility index (Phi) is 9.25. The Bertz CT molecular complexity index is 1110. The van der Waals surface area contributed by atoms with Gasteiger partial charge < -0.3 is 25.1 Å². The van der Waals surface area contributed by atoms with Gasteiger partial charge in [-0.15, -0.1) is 0 Å². The van der Waals surface area contributed by atoms with E-state index in [9.17, 15) is 9.59 Å². The molecule has 0 unspecified atom stereocenters. The molecule has 12 heteroatoms. The molecule has 1 aliphatic rings. The van der Waals surface area contributed by atoms with Gasteiger partial charge in [0.2, 0.25) is 11.9 Å². The van der Waals surface area contributed by atoms with Gasteiger partial charge in [-0.25, -0.2) is 14.4 Å². The van der Waals surface area contributed by atoms with Crippen LogP contribution in [0.2, 0.25) is 0 Å². The van der Waals surface area contributed by atoms with Crippen LogP contribution in [-0.2, 0) is 25.8 Å². The number of esters is 1. The monoisotopic (exact) mass is 499 g/mol. The Morgan fingerprint density at radius 2 is 1.94 bits per heavy atom. The Morgan fingerprint density at radius 1 is 1.25 bits per heavy atom. The van der Waals surface area contributed by atoms with E-state index in [1.165, 1.54) is 13.0 Å². The summed E-state index contributed by atoms with van der Waals surface area (Å²) in [7, 11) is 1.71. The first kappa shape index (κ1) is 26.5. The molecule has 0 atom stereocenters. The van der Waals surface area contributed by atoms with E-state index in [0.717, 1.165) is 5.71 Å². The Morgan fingerprint density at radius 3 is 2.58 bits per heavy atom. The fraction of sp³-hybridized carbons (Fsp3) is 0.417. The number of likely N-dealkylation sites (N-methyl/N-ethyl adjacent to an activating group) is 1. The third kappa shape index (κ3) is 7.45. The second-order valence-electron chi connectivity index (χ2n) is 8.33. The minimum absolute atomic E-state index is 0.0207. The summed E-state index contributed by atoms with van der Waals surface area (Å²) in [5.41, 5.74) is 7.11. The minimum Gasteiger partial charge on any atom is -0.460 e. The average Bonchev–Trinajstić information content (AvgIpc) is 2.86. The van der Waals surface area contributed by atoms with E-state index in [1.54, 1.807) is 36.5 Å². The highest BCUT2D eigenvalue weighted by Gasteiger charge is 2.19. The van der Waals surface area contributed by atoms with Crippen molar-refractivity contribution in [1.29, 1.82) is 5.41 Å². The summed E-state index contributed by atoms with van der Waals surface area (Å²) in [6.07, 6.45) is 4.18. The fourth-order valence-electron chi connectivity index (χ4n) is 3.43. The molecule has 0 aliphatic carbocycles. The number of nitrogens with two attached hydrogens (primary N) is 1. The maximum Gasteiger partial charge on any atom is 0.313 e. The zero-order valence-electron chi connectivity index (χ0n) is 20.4. The normalized spacial score (nSPS) is 13.2. The van der Waals surface area contributed by atoms with Gasteiger partial charge >= 0.3 is 5.97 Å². The van der Waals surface area contributed by atoms with Gasteiger partial charge in [-0.2, -0.15) is 0 Å². The zero-order valence-corrected chi connectivity index (χ0v) is 20.4. The van der Waals surface area contributed by atoms with Crippen LogP contribution in [0.15, 0.2) is 35.7 Å². The molecule has 0 saturated carbocycles. The van der Waals surface area contributed by atoms with E-state index in [4.69, 9.17) is 20.7 Å². The molecule has 3 N–H and O–H groups in total. The zero-order chi connectivity index (χ0) is 26.1. The highest BCUT2D eigenvalue weighted by Crippen LogP contribution is 2.26. The van der Waals surface area contributed by atoms with Crippen molar-refractivity contribution in [2.24, 2.45) is 10.9 Å². The number of piperidine rings is 1. The Balaban J connectivity index is 1.55. The van der Waals surface area contributed by atoms with Crippen molar-refractivity contribution in [1.82, 2.24) is 14.9 Å². The molecule has 1 aliphatic heterocycles. The number of carbonyl (C=O) groups excluding carboxylic acids is 2. The number of amidine groups is 1. The van der Waals surface area contributed by atoms with Gasteiger partial charge in [0.1, 0.15) is 31.3 Å². The molecule has 1 fully saturated rings. The van der Waals surface area contributed by atoms with Gasteiger partial charge in [0, 0.05) is 69.0 Å². The fourth-order valence-corrected chi connectivity index (χ4v) is 3.43. The quantitative estimate of drug-likeness (QED) is 0.166. The summed E-state index contributed by atoms with van der Waals surface area (Å²) in [6, 6.07) is 4.78. The van der Waals surface area contributed by atoms with Gasteiger partial charge in [-0.05, 0) is 0 Å². The molecule has 11 nitrogen and oxygen atoms in total. The van der Waals surface area contributed by atoms with Crippen LogP contribution >= 0.6 is 0 Å². The number of rotatable bonds is 10. The molecular formula is C24H30FN7O4. The van der Waals surface area contributed by atoms with E-state index >= 15 is 4.39 Å². The van der Waals surface area contributed by atoms with Gasteiger partial charge in [0.15, 0.2) is 0 Å². The number of aromatic nitrogens is 2. The first-order valence-corrected chi connectivity index (χ1v) is 11.5. The summed E-state index contributed by atoms with van der Waals surface area (Å²) in [5, 5.41) is 11.3. The number of carbonyl (C=O) groups is 2. The first-order valence-electron chi connectivity index (χ1n) is 11.5. The molecule has 1 saturated heterocycles. The predicted octanol–water partition coefficient (Wildman–Crippen LogP) is 2.10. The SMILES string of the molecule is CC(=O)N(C)CCON=C1CCN(c2ncc(-c3cccc(COC(=O)CC(=N)N)c3F)cn2)CC1. The topological polar surface area (TPSA) is 147 Å². The van der Waals surface area contributed by atoms with Crippen molar-refractivity contribution in [3.8, 4) is 11.1 Å². The summed E-state index contributed by atoms with van der Waals surface area (Å²) >= 11 is 0. The summed E-state index contributed by atoms with van der Waals surface area (Å²) in [5.74, 6) is -1.02. The molecule has 0 spiro atoms. The highest BCUT2D eigenvalue weighted by molar-refractivity contribution is 5.94. The average molecular weight is 500 g/mol. The Labute approximate surface area is 208 Å². The van der Waals surface area contributed by atoms with Crippen molar-refractivity contribution in [2.75, 3.05) is 38.2 Å². The largest absolute Gasteiger partial charge is 0.460 e. The number of nitrogens with one attached hydrogen (secondary N) is 1. The molecule has 36 heavy (non-hydrogen) atoms. The van der Waals surface area contributed by atoms with Crippen LogP contribution < -0.4 is 10.6 Å². The van der Waals surface area contributed by atoms with E-state index in [1.807, 2.05) is 4.90 Å². The van der Waals surface area contributed by atoms with Crippen molar-refractivity contribution in [2.45, 2.75) is 32.8 Å². The lowest BCUT2D eigenvalue weighted by molar-refractivity contribution is -0.143. The van der Waals surface area contributed by atoms with Crippen LogP contribution in [0.4, 0.5) is 10.3 Å². The first-order chi connectivity index (χ1) is 17.2. The van der Waals surface area contributed by atoms with Crippen LogP contribution in [0.5, 0.6) is 0 Å². The number of nitrogens with zero attached hydrogens (tertiary/aromatic N) is 5. The van der Waals surface area contributed by atoms with Gasteiger partial charge in [0.05, 0.1) is 12.3 Å². The van der Waals surface area contributed by atoms with E-state index in [-0.39, 0.29) is 30.3 Å². The van der Waals surface area contributed by atoms with Crippen LogP contribution in [0.25, 0.3) is 11.1 Å². The number of oxime groups is 1. The number of halogens is 1. The van der Waals surface area contributed by atoms with Gasteiger partial charge in [0.25, 0.3) is 0 Å². The molecule has 0 bridgehead atoms. The lowest BCUT2D eigenvalue weighted by Crippen LogP contribution is -2.35. The number of hydrogen-bond donors (Lipinski definition) is 2. The summed E-state index contributed by atoms with van der Waals surface area (Å²) in [4.78, 5) is 40.5. The van der Waals surface area contributed by atoms with Gasteiger partial charge in [-0.3, -0.25) is 15.0 Å². The number of amides is 1. The third-order valence-electron chi connectivity index (χ3n) is 5.62. The minimum atomic E-state index is -0.693. The predicted molar refractivity (Wildman–Crippen MR) is 132 cm³/mol. The molecule has 3 rings (SSSR count). The smallest absolute Gasteiger partial charge is 0.313 e. The molecular weight excluding hydrogens is 469 g/mol. The lowest BCUT2D eigenvalue weighted by atomic mass is 10.0. The second-order valence-corrected chi connectivity index (χ2v) is 8.33. The number of hydrogen-bond acceptors (Lipinski definition) is 9. The highest BCUT2D eigenvalue weighted by atomic mass is 19.1. The molecule has 2 aromatic rings. The molecule has 192 valence electrons. The molecule has 0 radical (unpaired) electrons. The van der Waals surface area contributed by atoms with Crippen LogP contribution in [0.3, 0.4) is 0 Å². The van der Waals surface area contributed by atoms with Crippen LogP contribution in [0.1, 0.15) is 31.7 Å². The number of benzene rings is 1. The Hall–Kier alpha value is -4.09. The van der Waals surface area contributed by atoms with E-state index in [0.29, 0.717) is 56.2 Å². The summed E-state index contributed by atoms with van der Waals surface area (Å²) in [6.45, 7) is 3.40. The van der Waals surface area contributed by atoms with E-state index in [2.05, 4.69) is 15.1 Å². The van der Waals surface area contributed by atoms with Crippen molar-refractivity contribution >= 4 is 29.4 Å². The summed E-state index contributed by atoms with van der Waals surface area (Å²) < 4.78 is 20.0. The number of ether oxygens (including phenoxy) is 1. The van der Waals surface area contributed by atoms with Gasteiger partial charge in [-0.1, -0.05) is 23.4 Å². The number of anilines is 1. The van der Waals surface area contributed by atoms with Crippen LogP contribution in [0, 0.1) is 11.2 Å². The third-order valence-corrected chi connectivity index (χ3v) is 5.62. The lowest BCUT2D eigenvalue weighted by Gasteiger charge is -2.27. The maximum atomic E-state index is 15.0. The standard InChI is InChI=1S/C24H30FN7O4/c1-16(33)31(2)10-11-36-30-19-6-8-32(9-7-19)24-28-13-18(14-29-24)20-5-3-4-17(23(20)25)15-35-22(34)12-21(26)27/h3-5,13-14H,6-12,15H2,1-2H3,(H3,26,27). The second kappa shape index (κ2) is 12.6. The van der Waals surface area contributed by atoms with E-state index < -0.39 is 11.8 Å². The molecule has 1 aromatic carbocycles. The molecule has 1 aromatic heterocycles. The van der Waals surface area contributed by atoms with Crippen molar-refractivity contribution in [3.05, 3.63) is 42.0 Å². The maximum absolute atomic E-state index is 15.0. The molecule has 2 heterocycles. The van der Waals surface area contributed by atoms with Crippen molar-refractivity contribution < 1.29 is 23.6 Å². The van der Waals surface area contributed by atoms with Crippen molar-refractivity contribution in [3.63, 3.8) is 0 Å².